The van der Waals surface area contributed by atoms with Gasteiger partial charge in [0.1, 0.15) is 0 Å². The van der Waals surface area contributed by atoms with Crippen molar-refractivity contribution in [2.75, 3.05) is 0 Å². The highest BCUT2D eigenvalue weighted by atomic mass is 16.3. The number of hydrogen-bond donors (Lipinski definition) is 4. The highest BCUT2D eigenvalue weighted by molar-refractivity contribution is 5.85. The van der Waals surface area contributed by atoms with E-state index in [0.29, 0.717) is 13.0 Å². The molecule has 0 fully saturated rings. The third-order valence-corrected chi connectivity index (χ3v) is 5.15. The van der Waals surface area contributed by atoms with Gasteiger partial charge < -0.3 is 21.5 Å². The molecule has 2 amide bonds. The first-order valence-corrected chi connectivity index (χ1v) is 10.0. The minimum atomic E-state index is -1.40. The molecule has 0 saturated carbocycles. The van der Waals surface area contributed by atoms with Crippen LogP contribution in [0.25, 0.3) is 0 Å². The third kappa shape index (κ3) is 7.00. The summed E-state index contributed by atoms with van der Waals surface area (Å²) in [6, 6.07) is 17.4. The first-order chi connectivity index (χ1) is 13.9. The van der Waals surface area contributed by atoms with Gasteiger partial charge in [0.05, 0.1) is 12.1 Å². The summed E-state index contributed by atoms with van der Waals surface area (Å²) in [7, 11) is 0. The van der Waals surface area contributed by atoms with Crippen molar-refractivity contribution in [3.05, 3.63) is 71.8 Å². The molecule has 0 bridgehead atoms. The van der Waals surface area contributed by atoms with E-state index >= 15 is 0 Å². The average Bonchev–Trinajstić information content (AvgIpc) is 2.76. The van der Waals surface area contributed by atoms with E-state index in [4.69, 9.17) is 5.73 Å². The van der Waals surface area contributed by atoms with Crippen molar-refractivity contribution in [1.29, 1.82) is 0 Å². The van der Waals surface area contributed by atoms with E-state index in [2.05, 4.69) is 10.6 Å². The van der Waals surface area contributed by atoms with Crippen LogP contribution in [0, 0.1) is 5.92 Å². The van der Waals surface area contributed by atoms with Gasteiger partial charge in [0.2, 0.25) is 5.91 Å². The number of amides is 2. The molecule has 0 aromatic heterocycles. The van der Waals surface area contributed by atoms with Crippen molar-refractivity contribution in [3.63, 3.8) is 0 Å². The monoisotopic (exact) mass is 397 g/mol. The van der Waals surface area contributed by atoms with Crippen LogP contribution in [0.2, 0.25) is 0 Å². The zero-order chi connectivity index (χ0) is 21.2. The van der Waals surface area contributed by atoms with Crippen molar-refractivity contribution in [1.82, 2.24) is 10.6 Å². The molecule has 156 valence electrons. The van der Waals surface area contributed by atoms with Gasteiger partial charge in [-0.3, -0.25) is 9.59 Å². The van der Waals surface area contributed by atoms with Crippen LogP contribution in [0.15, 0.2) is 60.7 Å². The first kappa shape index (κ1) is 22.6. The van der Waals surface area contributed by atoms with Gasteiger partial charge in [-0.05, 0) is 23.5 Å². The summed E-state index contributed by atoms with van der Waals surface area (Å²) >= 11 is 0. The van der Waals surface area contributed by atoms with Gasteiger partial charge in [0, 0.05) is 6.54 Å². The molecule has 6 nitrogen and oxygen atoms in total. The molecular weight excluding hydrogens is 366 g/mol. The van der Waals surface area contributed by atoms with E-state index in [1.54, 1.807) is 0 Å². The van der Waals surface area contributed by atoms with Gasteiger partial charge in [0.15, 0.2) is 6.10 Å². The molecule has 0 aliphatic heterocycles. The van der Waals surface area contributed by atoms with Crippen LogP contribution in [-0.4, -0.2) is 35.1 Å². The molecule has 4 atom stereocenters. The predicted octanol–water partition coefficient (Wildman–Crippen LogP) is 1.76. The van der Waals surface area contributed by atoms with E-state index in [1.807, 2.05) is 74.5 Å². The maximum absolute atomic E-state index is 12.6. The molecule has 0 heterocycles. The summed E-state index contributed by atoms with van der Waals surface area (Å²) in [6.07, 6.45) is -0.315. The first-order valence-electron chi connectivity index (χ1n) is 10.0. The lowest BCUT2D eigenvalue weighted by Gasteiger charge is -2.26. The van der Waals surface area contributed by atoms with Crippen LogP contribution in [0.3, 0.4) is 0 Å². The molecule has 0 aliphatic rings. The Labute approximate surface area is 172 Å². The van der Waals surface area contributed by atoms with Crippen molar-refractivity contribution < 1.29 is 14.7 Å². The number of rotatable bonds is 10. The second kappa shape index (κ2) is 11.3. The van der Waals surface area contributed by atoms with Gasteiger partial charge in [-0.1, -0.05) is 80.9 Å². The summed E-state index contributed by atoms with van der Waals surface area (Å²) < 4.78 is 0. The summed E-state index contributed by atoms with van der Waals surface area (Å²) in [5, 5.41) is 16.2. The fourth-order valence-corrected chi connectivity index (χ4v) is 2.97. The number of aliphatic hydroxyl groups is 1. The number of benzene rings is 2. The van der Waals surface area contributed by atoms with E-state index in [9.17, 15) is 14.7 Å². The summed E-state index contributed by atoms with van der Waals surface area (Å²) in [6.45, 7) is 4.17. The fourth-order valence-electron chi connectivity index (χ4n) is 2.97. The summed E-state index contributed by atoms with van der Waals surface area (Å²) in [5.74, 6) is -0.904. The van der Waals surface area contributed by atoms with Gasteiger partial charge in [0.25, 0.3) is 5.91 Å². The van der Waals surface area contributed by atoms with Gasteiger partial charge in [-0.15, -0.1) is 0 Å². The fraction of sp³-hybridized carbons (Fsp3) is 0.391. The zero-order valence-corrected chi connectivity index (χ0v) is 17.0. The lowest BCUT2D eigenvalue weighted by atomic mass is 9.96. The van der Waals surface area contributed by atoms with Crippen molar-refractivity contribution in [3.8, 4) is 0 Å². The van der Waals surface area contributed by atoms with Gasteiger partial charge in [-0.25, -0.2) is 0 Å². The number of nitrogens with two attached hydrogens (primary N) is 1. The van der Waals surface area contributed by atoms with Crippen molar-refractivity contribution >= 4 is 11.8 Å². The molecule has 5 N–H and O–H groups in total. The number of nitrogens with one attached hydrogen (secondary N) is 2. The lowest BCUT2D eigenvalue weighted by molar-refractivity contribution is -0.132. The Balaban J connectivity index is 2.07. The Morgan fingerprint density at radius 3 is 2.07 bits per heavy atom. The van der Waals surface area contributed by atoms with E-state index < -0.39 is 24.1 Å². The van der Waals surface area contributed by atoms with Gasteiger partial charge in [-0.2, -0.15) is 0 Å². The maximum Gasteiger partial charge on any atom is 0.251 e. The number of carbonyl (C=O) groups is 2. The highest BCUT2D eigenvalue weighted by Crippen LogP contribution is 2.10. The summed E-state index contributed by atoms with van der Waals surface area (Å²) in [5.41, 5.74) is 7.86. The highest BCUT2D eigenvalue weighted by Gasteiger charge is 2.30. The Morgan fingerprint density at radius 1 is 0.966 bits per heavy atom. The molecule has 0 saturated heterocycles. The van der Waals surface area contributed by atoms with Crippen LogP contribution >= 0.6 is 0 Å². The molecule has 29 heavy (non-hydrogen) atoms. The molecule has 0 aliphatic carbocycles. The SMILES string of the molecule is CC[C@H](C)[C@H](N)C(=O)N[C@@H](Cc1ccccc1)[C@@H](O)C(=O)NCc1ccccc1. The molecular formula is C23H31N3O3. The Kier molecular flexibility index (Phi) is 8.83. The van der Waals surface area contributed by atoms with E-state index in [-0.39, 0.29) is 11.8 Å². The van der Waals surface area contributed by atoms with Crippen LogP contribution < -0.4 is 16.4 Å². The van der Waals surface area contributed by atoms with E-state index in [1.165, 1.54) is 0 Å². The molecule has 0 radical (unpaired) electrons. The topological polar surface area (TPSA) is 104 Å². The maximum atomic E-state index is 12.6. The summed E-state index contributed by atoms with van der Waals surface area (Å²) in [4.78, 5) is 25.1. The lowest BCUT2D eigenvalue weighted by Crippen LogP contribution is -2.55. The molecule has 6 heteroatoms. The van der Waals surface area contributed by atoms with Crippen LogP contribution in [0.4, 0.5) is 0 Å². The Bertz CT molecular complexity index is 767. The number of carbonyl (C=O) groups excluding carboxylic acids is 2. The van der Waals surface area contributed by atoms with Gasteiger partial charge >= 0.3 is 0 Å². The minimum Gasteiger partial charge on any atom is -0.381 e. The second-order valence-corrected chi connectivity index (χ2v) is 7.36. The second-order valence-electron chi connectivity index (χ2n) is 7.36. The van der Waals surface area contributed by atoms with Crippen LogP contribution in [0.5, 0.6) is 0 Å². The normalized spacial score (nSPS) is 15.0. The number of hydrogen-bond acceptors (Lipinski definition) is 4. The largest absolute Gasteiger partial charge is 0.381 e. The average molecular weight is 398 g/mol. The molecule has 0 spiro atoms. The molecule has 2 aromatic rings. The van der Waals surface area contributed by atoms with E-state index in [0.717, 1.165) is 17.5 Å². The zero-order valence-electron chi connectivity index (χ0n) is 17.0. The minimum absolute atomic E-state index is 0.00331. The number of aliphatic hydroxyl groups excluding tert-OH is 1. The Hall–Kier alpha value is -2.70. The smallest absolute Gasteiger partial charge is 0.251 e. The predicted molar refractivity (Wildman–Crippen MR) is 114 cm³/mol. The van der Waals surface area contributed by atoms with Crippen molar-refractivity contribution in [2.45, 2.75) is 51.4 Å². The molecule has 2 rings (SSSR count). The quantitative estimate of drug-likeness (QED) is 0.490. The third-order valence-electron chi connectivity index (χ3n) is 5.15. The molecule has 2 aromatic carbocycles. The van der Waals surface area contributed by atoms with Crippen LogP contribution in [0.1, 0.15) is 31.4 Å². The Morgan fingerprint density at radius 2 is 1.52 bits per heavy atom. The van der Waals surface area contributed by atoms with Crippen LogP contribution in [-0.2, 0) is 22.6 Å². The standard InChI is InChI=1S/C23H31N3O3/c1-3-16(2)20(24)22(28)26-19(14-17-10-6-4-7-11-17)21(27)23(29)25-15-18-12-8-5-9-13-18/h4-13,16,19-21,27H,3,14-15,24H2,1-2H3,(H,25,29)(H,26,28)/t16-,19-,20-,21+/m0/s1. The van der Waals surface area contributed by atoms with Crippen molar-refractivity contribution in [2.24, 2.45) is 11.7 Å². The molecule has 0 unspecified atom stereocenters.